The van der Waals surface area contributed by atoms with Crippen LogP contribution in [0.3, 0.4) is 0 Å². The first-order chi connectivity index (χ1) is 12.5. The number of nitrogens with one attached hydrogen (secondary N) is 3. The molecule has 4 unspecified atom stereocenters. The van der Waals surface area contributed by atoms with Crippen molar-refractivity contribution in [2.75, 3.05) is 12.3 Å². The number of nitrogens with two attached hydrogens (primary N) is 2. The molecule has 0 fully saturated rings. The van der Waals surface area contributed by atoms with Crippen LogP contribution in [0, 0.1) is 5.92 Å². The average molecular weight is 405 g/mol. The number of hydrogen-bond acceptors (Lipinski definition) is 7. The van der Waals surface area contributed by atoms with Crippen LogP contribution in [0.1, 0.15) is 26.7 Å². The first-order valence-corrected chi connectivity index (χ1v) is 8.91. The highest BCUT2D eigenvalue weighted by Crippen LogP contribution is 2.09. The molecule has 0 spiro atoms. The fourth-order valence-electron chi connectivity index (χ4n) is 2.00. The van der Waals surface area contributed by atoms with Crippen LogP contribution in [0.2, 0.25) is 0 Å². The third-order valence-electron chi connectivity index (χ3n) is 3.78. The van der Waals surface area contributed by atoms with Gasteiger partial charge in [0.15, 0.2) is 0 Å². The highest BCUT2D eigenvalue weighted by molar-refractivity contribution is 7.80. The van der Waals surface area contributed by atoms with E-state index < -0.39 is 60.7 Å². The van der Waals surface area contributed by atoms with Gasteiger partial charge in [0.2, 0.25) is 23.6 Å². The van der Waals surface area contributed by atoms with Crippen molar-refractivity contribution in [3.63, 3.8) is 0 Å². The van der Waals surface area contributed by atoms with Gasteiger partial charge in [-0.25, -0.2) is 0 Å². The van der Waals surface area contributed by atoms with Gasteiger partial charge in [0.05, 0.1) is 12.5 Å². The van der Waals surface area contributed by atoms with Crippen molar-refractivity contribution in [2.45, 2.75) is 44.8 Å². The van der Waals surface area contributed by atoms with E-state index in [1.165, 1.54) is 0 Å². The normalized spacial score (nSPS) is 15.0. The summed E-state index contributed by atoms with van der Waals surface area (Å²) in [6.45, 7) is 2.83. The van der Waals surface area contributed by atoms with E-state index in [4.69, 9.17) is 16.6 Å². The minimum atomic E-state index is -1.38. The molecule has 0 rings (SSSR count). The molecular weight excluding hydrogens is 378 g/mol. The number of primary amides is 1. The van der Waals surface area contributed by atoms with Gasteiger partial charge in [-0.1, -0.05) is 20.3 Å². The monoisotopic (exact) mass is 405 g/mol. The minimum Gasteiger partial charge on any atom is -0.480 e. The summed E-state index contributed by atoms with van der Waals surface area (Å²) in [5.74, 6) is -4.59. The molecule has 0 aliphatic rings. The zero-order chi connectivity index (χ0) is 21.1. The van der Waals surface area contributed by atoms with Crippen LogP contribution in [0.25, 0.3) is 0 Å². The smallest absolute Gasteiger partial charge is 0.322 e. The summed E-state index contributed by atoms with van der Waals surface area (Å²) in [5, 5.41) is 15.5. The molecule has 27 heavy (non-hydrogen) atoms. The lowest BCUT2D eigenvalue weighted by Gasteiger charge is -2.26. The number of thiol groups is 1. The van der Waals surface area contributed by atoms with Crippen molar-refractivity contribution in [3.05, 3.63) is 0 Å². The van der Waals surface area contributed by atoms with E-state index in [0.29, 0.717) is 6.42 Å². The van der Waals surface area contributed by atoms with Crippen molar-refractivity contribution < 1.29 is 29.1 Å². The molecule has 8 N–H and O–H groups in total. The maximum absolute atomic E-state index is 12.6. The predicted molar refractivity (Wildman–Crippen MR) is 99.6 cm³/mol. The molecule has 4 atom stereocenters. The van der Waals surface area contributed by atoms with Gasteiger partial charge >= 0.3 is 5.97 Å². The van der Waals surface area contributed by atoms with Crippen molar-refractivity contribution in [1.82, 2.24) is 16.0 Å². The Balaban J connectivity index is 5.28. The van der Waals surface area contributed by atoms with Crippen LogP contribution in [0.4, 0.5) is 0 Å². The number of aliphatic carboxylic acids is 1. The Kier molecular flexibility index (Phi) is 11.1. The Hall–Kier alpha value is -2.34. The third-order valence-corrected chi connectivity index (χ3v) is 4.17. The van der Waals surface area contributed by atoms with Crippen LogP contribution in [-0.2, 0) is 24.0 Å². The van der Waals surface area contributed by atoms with Gasteiger partial charge in [-0.3, -0.25) is 24.0 Å². The molecule has 0 radical (unpaired) electrons. The van der Waals surface area contributed by atoms with Crippen LogP contribution < -0.4 is 27.4 Å². The lowest BCUT2D eigenvalue weighted by molar-refractivity contribution is -0.139. The molecule has 0 bridgehead atoms. The van der Waals surface area contributed by atoms with Crippen LogP contribution in [0.15, 0.2) is 0 Å². The van der Waals surface area contributed by atoms with E-state index in [0.717, 1.165) is 0 Å². The highest BCUT2D eigenvalue weighted by atomic mass is 32.1. The topological polar surface area (TPSA) is 194 Å². The number of carbonyl (C=O) groups excluding carboxylic acids is 4. The summed E-state index contributed by atoms with van der Waals surface area (Å²) in [6.07, 6.45) is -0.00526. The summed E-state index contributed by atoms with van der Waals surface area (Å²) in [6, 6.07) is -3.32. The molecular formula is C15H27N5O6S. The molecule has 4 amide bonds. The van der Waals surface area contributed by atoms with E-state index >= 15 is 0 Å². The quantitative estimate of drug-likeness (QED) is 0.172. The van der Waals surface area contributed by atoms with Crippen molar-refractivity contribution in [2.24, 2.45) is 17.4 Å². The Morgan fingerprint density at radius 2 is 1.67 bits per heavy atom. The molecule has 11 nitrogen and oxygen atoms in total. The number of carboxylic acid groups (broad SMARTS) is 1. The van der Waals surface area contributed by atoms with E-state index in [1.807, 2.05) is 0 Å². The maximum atomic E-state index is 12.6. The maximum Gasteiger partial charge on any atom is 0.322 e. The highest BCUT2D eigenvalue weighted by Gasteiger charge is 2.31. The van der Waals surface area contributed by atoms with Gasteiger partial charge in [0.1, 0.15) is 18.6 Å². The molecule has 0 saturated heterocycles. The lowest BCUT2D eigenvalue weighted by Crippen LogP contribution is -2.58. The van der Waals surface area contributed by atoms with Gasteiger partial charge in [-0.2, -0.15) is 12.6 Å². The fourth-order valence-corrected chi connectivity index (χ4v) is 2.17. The van der Waals surface area contributed by atoms with Crippen LogP contribution in [-0.4, -0.2) is 65.1 Å². The number of amides is 4. The number of carboxylic acids is 1. The third kappa shape index (κ3) is 9.24. The lowest BCUT2D eigenvalue weighted by atomic mass is 9.97. The van der Waals surface area contributed by atoms with Crippen LogP contribution >= 0.6 is 12.6 Å². The standard InChI is InChI=1S/C15H27N5O6S/c1-3-7(2)12(20-13(24)8(16)6-27)15(26)19-9(4-10(17)21)14(25)18-5-11(22)23/h7-9,12,27H,3-6,16H2,1-2H3,(H2,17,21)(H,18,25)(H,19,26)(H,20,24)(H,22,23). The molecule has 0 saturated carbocycles. The Bertz CT molecular complexity index is 573. The van der Waals surface area contributed by atoms with Gasteiger partial charge in [-0.15, -0.1) is 0 Å². The van der Waals surface area contributed by atoms with E-state index in [1.54, 1.807) is 13.8 Å². The van der Waals surface area contributed by atoms with Gasteiger partial charge in [0.25, 0.3) is 0 Å². The second kappa shape index (κ2) is 12.1. The Morgan fingerprint density at radius 1 is 1.07 bits per heavy atom. The number of hydrogen-bond donors (Lipinski definition) is 7. The SMILES string of the molecule is CCC(C)C(NC(=O)C(N)CS)C(=O)NC(CC(N)=O)C(=O)NCC(=O)O. The Labute approximate surface area is 162 Å². The molecule has 0 aromatic heterocycles. The van der Waals surface area contributed by atoms with Crippen molar-refractivity contribution in [3.8, 4) is 0 Å². The predicted octanol–water partition coefficient (Wildman–Crippen LogP) is -2.66. The van der Waals surface area contributed by atoms with E-state index in [9.17, 15) is 24.0 Å². The van der Waals surface area contributed by atoms with Gasteiger partial charge in [-0.05, 0) is 5.92 Å². The van der Waals surface area contributed by atoms with E-state index in [-0.39, 0.29) is 11.7 Å². The second-order valence-corrected chi connectivity index (χ2v) is 6.37. The molecule has 154 valence electrons. The number of carbonyl (C=O) groups is 5. The van der Waals surface area contributed by atoms with Gasteiger partial charge in [0, 0.05) is 5.75 Å². The molecule has 0 aromatic rings. The molecule has 12 heteroatoms. The Morgan fingerprint density at radius 3 is 2.11 bits per heavy atom. The van der Waals surface area contributed by atoms with E-state index in [2.05, 4.69) is 28.6 Å². The number of rotatable bonds is 12. The zero-order valence-electron chi connectivity index (χ0n) is 15.2. The van der Waals surface area contributed by atoms with Gasteiger partial charge < -0.3 is 32.5 Å². The van der Waals surface area contributed by atoms with Crippen molar-refractivity contribution >= 4 is 42.2 Å². The van der Waals surface area contributed by atoms with Crippen molar-refractivity contribution in [1.29, 1.82) is 0 Å². The molecule has 0 heterocycles. The summed E-state index contributed by atoms with van der Waals surface area (Å²) < 4.78 is 0. The zero-order valence-corrected chi connectivity index (χ0v) is 16.1. The molecule has 0 aliphatic carbocycles. The minimum absolute atomic E-state index is 0.0720. The second-order valence-electron chi connectivity index (χ2n) is 6.00. The molecule has 0 aromatic carbocycles. The summed E-state index contributed by atoms with van der Waals surface area (Å²) in [5.41, 5.74) is 10.7. The first-order valence-electron chi connectivity index (χ1n) is 8.28. The fraction of sp³-hybridized carbons (Fsp3) is 0.667. The summed E-state index contributed by atoms with van der Waals surface area (Å²) in [4.78, 5) is 58.4. The van der Waals surface area contributed by atoms with Crippen LogP contribution in [0.5, 0.6) is 0 Å². The first kappa shape index (κ1) is 24.7. The largest absolute Gasteiger partial charge is 0.480 e. The average Bonchev–Trinajstić information content (AvgIpc) is 2.61. The molecule has 0 aliphatic heterocycles. The summed E-state index contributed by atoms with van der Waals surface area (Å²) >= 11 is 3.92. The summed E-state index contributed by atoms with van der Waals surface area (Å²) in [7, 11) is 0.